The molecule has 0 aromatic heterocycles. The van der Waals surface area contributed by atoms with Gasteiger partial charge in [0.25, 0.3) is 0 Å². The number of hydrogen-bond acceptors (Lipinski definition) is 2. The van der Waals surface area contributed by atoms with Gasteiger partial charge in [-0.25, -0.2) is 0 Å². The second-order valence-electron chi connectivity index (χ2n) is 5.31. The van der Waals surface area contributed by atoms with Crippen LogP contribution in [0.25, 0.3) is 0 Å². The molecule has 2 aliphatic carbocycles. The maximum Gasteiger partial charge on any atom is 0.223 e. The number of rotatable bonds is 3. The highest BCUT2D eigenvalue weighted by molar-refractivity contribution is 5.79. The Morgan fingerprint density at radius 3 is 2.60 bits per heavy atom. The van der Waals surface area contributed by atoms with Crippen LogP contribution in [0.3, 0.4) is 0 Å². The predicted molar refractivity (Wildman–Crippen MR) is 58.3 cm³/mol. The molecule has 0 spiro atoms. The topological polar surface area (TPSA) is 49.3 Å². The van der Waals surface area contributed by atoms with Gasteiger partial charge in [-0.15, -0.1) is 0 Å². The van der Waals surface area contributed by atoms with Gasteiger partial charge in [-0.05, 0) is 38.0 Å². The second kappa shape index (κ2) is 4.12. The van der Waals surface area contributed by atoms with E-state index in [0.717, 1.165) is 25.7 Å². The van der Waals surface area contributed by atoms with E-state index in [-0.39, 0.29) is 11.8 Å². The number of aliphatic hydroxyl groups is 1. The third-order valence-electron chi connectivity index (χ3n) is 4.07. The van der Waals surface area contributed by atoms with Crippen molar-refractivity contribution in [2.75, 3.05) is 6.54 Å². The van der Waals surface area contributed by atoms with Crippen LogP contribution in [0.5, 0.6) is 0 Å². The van der Waals surface area contributed by atoms with Gasteiger partial charge in [0.2, 0.25) is 5.91 Å². The standard InChI is InChI=1S/C12H21NO2/c1-9-4-2-5-10(9)11(14)13-8-12(15)6-3-7-12/h9-10,15H,2-8H2,1H3,(H,13,14). The lowest BCUT2D eigenvalue weighted by Gasteiger charge is -2.36. The lowest BCUT2D eigenvalue weighted by atomic mass is 9.80. The summed E-state index contributed by atoms with van der Waals surface area (Å²) >= 11 is 0. The average Bonchev–Trinajstić information content (AvgIpc) is 2.58. The van der Waals surface area contributed by atoms with Gasteiger partial charge in [0.05, 0.1) is 5.60 Å². The first-order valence-corrected chi connectivity index (χ1v) is 6.11. The molecule has 15 heavy (non-hydrogen) atoms. The number of amides is 1. The van der Waals surface area contributed by atoms with Crippen LogP contribution < -0.4 is 5.32 Å². The summed E-state index contributed by atoms with van der Waals surface area (Å²) < 4.78 is 0. The summed E-state index contributed by atoms with van der Waals surface area (Å²) in [5.74, 6) is 0.857. The largest absolute Gasteiger partial charge is 0.388 e. The van der Waals surface area contributed by atoms with Crippen molar-refractivity contribution in [2.24, 2.45) is 11.8 Å². The zero-order valence-electron chi connectivity index (χ0n) is 9.46. The van der Waals surface area contributed by atoms with Crippen LogP contribution in [0.1, 0.15) is 45.4 Å². The van der Waals surface area contributed by atoms with Crippen molar-refractivity contribution in [3.05, 3.63) is 0 Å². The minimum Gasteiger partial charge on any atom is -0.388 e. The highest BCUT2D eigenvalue weighted by Crippen LogP contribution is 2.33. The summed E-state index contributed by atoms with van der Waals surface area (Å²) in [7, 11) is 0. The van der Waals surface area contributed by atoms with Crippen LogP contribution in [0.2, 0.25) is 0 Å². The zero-order chi connectivity index (χ0) is 10.9. The molecule has 3 nitrogen and oxygen atoms in total. The minimum atomic E-state index is -0.586. The normalized spacial score (nSPS) is 33.5. The molecule has 2 N–H and O–H groups in total. The molecular weight excluding hydrogens is 190 g/mol. The van der Waals surface area contributed by atoms with E-state index in [9.17, 15) is 9.90 Å². The van der Waals surface area contributed by atoms with Gasteiger partial charge in [0.1, 0.15) is 0 Å². The van der Waals surface area contributed by atoms with Crippen LogP contribution in [0.15, 0.2) is 0 Å². The maximum atomic E-state index is 11.8. The lowest BCUT2D eigenvalue weighted by molar-refractivity contribution is -0.128. The van der Waals surface area contributed by atoms with Gasteiger partial charge in [0, 0.05) is 12.5 Å². The van der Waals surface area contributed by atoms with Crippen LogP contribution in [-0.4, -0.2) is 23.2 Å². The maximum absolute atomic E-state index is 11.8. The Morgan fingerprint density at radius 1 is 1.40 bits per heavy atom. The molecule has 3 heteroatoms. The van der Waals surface area contributed by atoms with Crippen LogP contribution in [0.4, 0.5) is 0 Å². The van der Waals surface area contributed by atoms with E-state index in [2.05, 4.69) is 12.2 Å². The lowest BCUT2D eigenvalue weighted by Crippen LogP contribution is -2.49. The van der Waals surface area contributed by atoms with E-state index < -0.39 is 5.60 Å². The molecule has 86 valence electrons. The Morgan fingerprint density at radius 2 is 2.13 bits per heavy atom. The highest BCUT2D eigenvalue weighted by Gasteiger charge is 2.36. The van der Waals surface area contributed by atoms with Gasteiger partial charge < -0.3 is 10.4 Å². The van der Waals surface area contributed by atoms with Gasteiger partial charge >= 0.3 is 0 Å². The fraction of sp³-hybridized carbons (Fsp3) is 0.917. The summed E-state index contributed by atoms with van der Waals surface area (Å²) in [5, 5.41) is 12.8. The van der Waals surface area contributed by atoms with Crippen molar-refractivity contribution in [3.63, 3.8) is 0 Å². The second-order valence-corrected chi connectivity index (χ2v) is 5.31. The molecule has 0 aromatic carbocycles. The van der Waals surface area contributed by atoms with Crippen molar-refractivity contribution in [3.8, 4) is 0 Å². The van der Waals surface area contributed by atoms with E-state index in [1.165, 1.54) is 12.8 Å². The number of nitrogens with one attached hydrogen (secondary N) is 1. The van der Waals surface area contributed by atoms with Crippen molar-refractivity contribution in [1.82, 2.24) is 5.32 Å². The molecule has 0 radical (unpaired) electrons. The van der Waals surface area contributed by atoms with Crippen molar-refractivity contribution >= 4 is 5.91 Å². The molecule has 0 aromatic rings. The van der Waals surface area contributed by atoms with Crippen LogP contribution in [0, 0.1) is 11.8 Å². The smallest absolute Gasteiger partial charge is 0.223 e. The predicted octanol–water partition coefficient (Wildman–Crippen LogP) is 1.45. The van der Waals surface area contributed by atoms with E-state index in [1.807, 2.05) is 0 Å². The Labute approximate surface area is 91.2 Å². The first-order valence-electron chi connectivity index (χ1n) is 6.11. The minimum absolute atomic E-state index is 0.153. The molecule has 2 fully saturated rings. The van der Waals surface area contributed by atoms with Gasteiger partial charge in [-0.1, -0.05) is 13.3 Å². The summed E-state index contributed by atoms with van der Waals surface area (Å²) in [5.41, 5.74) is -0.586. The van der Waals surface area contributed by atoms with Gasteiger partial charge in [-0.3, -0.25) is 4.79 Å². The molecule has 0 saturated heterocycles. The summed E-state index contributed by atoms with van der Waals surface area (Å²) in [6.45, 7) is 2.60. The molecule has 0 heterocycles. The van der Waals surface area contributed by atoms with Crippen LogP contribution in [-0.2, 0) is 4.79 Å². The first kappa shape index (κ1) is 10.9. The average molecular weight is 211 g/mol. The Bertz CT molecular complexity index is 248. The number of carbonyl (C=O) groups is 1. The third kappa shape index (κ3) is 2.33. The Balaban J connectivity index is 1.76. The molecule has 0 bridgehead atoms. The fourth-order valence-electron chi connectivity index (χ4n) is 2.68. The van der Waals surface area contributed by atoms with E-state index in [4.69, 9.17) is 0 Å². The molecule has 1 amide bonds. The van der Waals surface area contributed by atoms with E-state index >= 15 is 0 Å². The molecule has 2 rings (SSSR count). The summed E-state index contributed by atoms with van der Waals surface area (Å²) in [6.07, 6.45) is 6.13. The summed E-state index contributed by atoms with van der Waals surface area (Å²) in [6, 6.07) is 0. The van der Waals surface area contributed by atoms with Crippen molar-refractivity contribution in [1.29, 1.82) is 0 Å². The fourth-order valence-corrected chi connectivity index (χ4v) is 2.68. The monoisotopic (exact) mass is 211 g/mol. The quantitative estimate of drug-likeness (QED) is 0.742. The van der Waals surface area contributed by atoms with Crippen molar-refractivity contribution in [2.45, 2.75) is 51.0 Å². The molecular formula is C12H21NO2. The zero-order valence-corrected chi connectivity index (χ0v) is 9.46. The van der Waals surface area contributed by atoms with Gasteiger partial charge in [-0.2, -0.15) is 0 Å². The molecule has 2 saturated carbocycles. The summed E-state index contributed by atoms with van der Waals surface area (Å²) in [4.78, 5) is 11.8. The molecule has 2 unspecified atom stereocenters. The highest BCUT2D eigenvalue weighted by atomic mass is 16.3. The Hall–Kier alpha value is -0.570. The van der Waals surface area contributed by atoms with E-state index in [0.29, 0.717) is 12.5 Å². The van der Waals surface area contributed by atoms with E-state index in [1.54, 1.807) is 0 Å². The molecule has 2 aliphatic rings. The SMILES string of the molecule is CC1CCCC1C(=O)NCC1(O)CCC1. The molecule has 0 aliphatic heterocycles. The van der Waals surface area contributed by atoms with Crippen molar-refractivity contribution < 1.29 is 9.90 Å². The third-order valence-corrected chi connectivity index (χ3v) is 4.07. The number of hydrogen-bond donors (Lipinski definition) is 2. The Kier molecular flexibility index (Phi) is 3.01. The first-order chi connectivity index (χ1) is 7.11. The molecule has 2 atom stereocenters. The number of carbonyl (C=O) groups excluding carboxylic acids is 1. The van der Waals surface area contributed by atoms with Crippen LogP contribution >= 0.6 is 0 Å². The van der Waals surface area contributed by atoms with Gasteiger partial charge in [0.15, 0.2) is 0 Å².